The molecule has 0 unspecified atom stereocenters. The number of nitrogens with zero attached hydrogens (tertiary/aromatic N) is 2. The molecule has 2 heterocycles. The van der Waals surface area contributed by atoms with E-state index in [0.717, 1.165) is 4.90 Å². The minimum atomic E-state index is -1.06. The molecule has 1 fully saturated rings. The maximum absolute atomic E-state index is 13.0. The number of imide groups is 1. The molecule has 9 heteroatoms. The minimum Gasteiger partial charge on any atom is -0.381 e. The smallest absolute Gasteiger partial charge is 0.279 e. The molecule has 4 rings (SSSR count). The van der Waals surface area contributed by atoms with Gasteiger partial charge in [-0.2, -0.15) is 0 Å². The summed E-state index contributed by atoms with van der Waals surface area (Å²) in [5.41, 5.74) is 1.00. The maximum Gasteiger partial charge on any atom is 0.279 e. The van der Waals surface area contributed by atoms with E-state index in [9.17, 15) is 9.59 Å². The Kier molecular flexibility index (Phi) is 4.35. The van der Waals surface area contributed by atoms with E-state index in [1.807, 2.05) is 0 Å². The zero-order chi connectivity index (χ0) is 18.6. The third-order valence-electron chi connectivity index (χ3n) is 4.17. The average Bonchev–Trinajstić information content (AvgIpc) is 3.10. The van der Waals surface area contributed by atoms with E-state index >= 15 is 0 Å². The van der Waals surface area contributed by atoms with Crippen molar-refractivity contribution in [3.05, 3.63) is 62.1 Å². The SMILES string of the molecule is O=C1[C@H]2C(c3ccc(Cl)cc3Cl)=NO[C@@H]2C(=O)N1c1ccc(Cl)cc1Cl. The van der Waals surface area contributed by atoms with Gasteiger partial charge in [-0.1, -0.05) is 57.6 Å². The van der Waals surface area contributed by atoms with Crippen LogP contribution >= 0.6 is 46.4 Å². The van der Waals surface area contributed by atoms with Crippen LogP contribution in [0.5, 0.6) is 0 Å². The second kappa shape index (κ2) is 6.43. The van der Waals surface area contributed by atoms with Crippen LogP contribution in [0.15, 0.2) is 41.6 Å². The molecule has 2 aliphatic rings. The predicted molar refractivity (Wildman–Crippen MR) is 100 cm³/mol. The summed E-state index contributed by atoms with van der Waals surface area (Å²) in [6, 6.07) is 9.29. The molecule has 2 aliphatic heterocycles. The number of hydrogen-bond donors (Lipinski definition) is 0. The quantitative estimate of drug-likeness (QED) is 0.655. The van der Waals surface area contributed by atoms with Crippen LogP contribution in [0.2, 0.25) is 20.1 Å². The Labute approximate surface area is 168 Å². The molecule has 0 saturated carbocycles. The van der Waals surface area contributed by atoms with Gasteiger partial charge in [-0.3, -0.25) is 9.59 Å². The first-order valence-electron chi connectivity index (χ1n) is 7.40. The number of carbonyl (C=O) groups excluding carboxylic acids is 2. The first-order chi connectivity index (χ1) is 12.4. The number of hydrogen-bond acceptors (Lipinski definition) is 4. The molecule has 26 heavy (non-hydrogen) atoms. The molecule has 2 atom stereocenters. The highest BCUT2D eigenvalue weighted by atomic mass is 35.5. The number of rotatable bonds is 2. The molecule has 0 aromatic heterocycles. The molecule has 5 nitrogen and oxygen atoms in total. The molecule has 132 valence electrons. The zero-order valence-corrected chi connectivity index (χ0v) is 15.8. The second-order valence-corrected chi connectivity index (χ2v) is 7.40. The van der Waals surface area contributed by atoms with Crippen molar-refractivity contribution in [2.45, 2.75) is 6.10 Å². The highest BCUT2D eigenvalue weighted by molar-refractivity contribution is 6.41. The van der Waals surface area contributed by atoms with E-state index in [1.165, 1.54) is 18.2 Å². The van der Waals surface area contributed by atoms with E-state index < -0.39 is 23.8 Å². The van der Waals surface area contributed by atoms with Gasteiger partial charge in [-0.05, 0) is 30.3 Å². The minimum absolute atomic E-state index is 0.183. The molecule has 0 bridgehead atoms. The molecule has 0 spiro atoms. The first-order valence-corrected chi connectivity index (χ1v) is 8.91. The normalized spacial score (nSPS) is 21.7. The fourth-order valence-electron chi connectivity index (χ4n) is 3.00. The lowest BCUT2D eigenvalue weighted by Gasteiger charge is -2.17. The van der Waals surface area contributed by atoms with Crippen LogP contribution in [-0.4, -0.2) is 23.6 Å². The van der Waals surface area contributed by atoms with Crippen LogP contribution in [0.25, 0.3) is 0 Å². The number of anilines is 1. The van der Waals surface area contributed by atoms with E-state index in [-0.39, 0.29) is 16.4 Å². The largest absolute Gasteiger partial charge is 0.381 e. The average molecular weight is 430 g/mol. The fourth-order valence-corrected chi connectivity index (χ4v) is 4.00. The zero-order valence-electron chi connectivity index (χ0n) is 12.7. The van der Waals surface area contributed by atoms with Gasteiger partial charge in [0.15, 0.2) is 0 Å². The number of benzene rings is 2. The van der Waals surface area contributed by atoms with Crippen molar-refractivity contribution < 1.29 is 14.4 Å². The van der Waals surface area contributed by atoms with Crippen LogP contribution in [0.3, 0.4) is 0 Å². The topological polar surface area (TPSA) is 59.0 Å². The van der Waals surface area contributed by atoms with E-state index in [2.05, 4.69) is 5.16 Å². The molecular formula is C17H8Cl4N2O3. The van der Waals surface area contributed by atoms with Crippen molar-refractivity contribution in [3.63, 3.8) is 0 Å². The number of fused-ring (bicyclic) bond motifs is 1. The van der Waals surface area contributed by atoms with E-state index in [4.69, 9.17) is 51.2 Å². The van der Waals surface area contributed by atoms with Crippen LogP contribution < -0.4 is 4.90 Å². The van der Waals surface area contributed by atoms with Crippen molar-refractivity contribution >= 4 is 69.6 Å². The van der Waals surface area contributed by atoms with E-state index in [0.29, 0.717) is 20.6 Å². The van der Waals surface area contributed by atoms with Crippen molar-refractivity contribution in [3.8, 4) is 0 Å². The summed E-state index contributed by atoms with van der Waals surface area (Å²) in [6.07, 6.45) is -1.06. The summed E-state index contributed by atoms with van der Waals surface area (Å²) < 4.78 is 0. The Bertz CT molecular complexity index is 992. The number of amides is 2. The van der Waals surface area contributed by atoms with Crippen molar-refractivity contribution in [2.24, 2.45) is 11.1 Å². The maximum atomic E-state index is 13.0. The monoisotopic (exact) mass is 428 g/mol. The lowest BCUT2D eigenvalue weighted by molar-refractivity contribution is -0.126. The van der Waals surface area contributed by atoms with Gasteiger partial charge in [-0.25, -0.2) is 4.90 Å². The summed E-state index contributed by atoms with van der Waals surface area (Å²) in [6.45, 7) is 0. The van der Waals surface area contributed by atoms with Gasteiger partial charge in [0, 0.05) is 15.6 Å². The van der Waals surface area contributed by atoms with Gasteiger partial charge in [0.05, 0.1) is 15.7 Å². The Morgan fingerprint density at radius 2 is 1.54 bits per heavy atom. The lowest BCUT2D eigenvalue weighted by atomic mass is 9.94. The summed E-state index contributed by atoms with van der Waals surface area (Å²) in [5.74, 6) is -1.95. The van der Waals surface area contributed by atoms with Crippen molar-refractivity contribution in [1.29, 1.82) is 0 Å². The Hall–Kier alpha value is -1.79. The molecule has 0 radical (unpaired) electrons. The highest BCUT2D eigenvalue weighted by Gasteiger charge is 2.56. The molecule has 1 saturated heterocycles. The number of halogens is 4. The molecule has 2 aromatic rings. The Morgan fingerprint density at radius 1 is 0.885 bits per heavy atom. The Morgan fingerprint density at radius 3 is 2.19 bits per heavy atom. The van der Waals surface area contributed by atoms with E-state index in [1.54, 1.807) is 18.2 Å². The van der Waals surface area contributed by atoms with Crippen molar-refractivity contribution in [1.82, 2.24) is 0 Å². The summed E-state index contributed by atoms with van der Waals surface area (Å²) >= 11 is 24.2. The van der Waals surface area contributed by atoms with Crippen LogP contribution in [0.1, 0.15) is 5.56 Å². The second-order valence-electron chi connectivity index (χ2n) is 5.71. The van der Waals surface area contributed by atoms with Crippen LogP contribution in [0.4, 0.5) is 5.69 Å². The predicted octanol–water partition coefficient (Wildman–Crippen LogP) is 4.59. The highest BCUT2D eigenvalue weighted by Crippen LogP contribution is 2.39. The number of oxime groups is 1. The van der Waals surface area contributed by atoms with Crippen LogP contribution in [0, 0.1) is 5.92 Å². The van der Waals surface area contributed by atoms with Gasteiger partial charge in [0.2, 0.25) is 12.0 Å². The van der Waals surface area contributed by atoms with Gasteiger partial charge in [-0.15, -0.1) is 0 Å². The molecule has 2 amide bonds. The Balaban J connectivity index is 1.74. The fraction of sp³-hybridized carbons (Fsp3) is 0.118. The molecule has 0 N–H and O–H groups in total. The third-order valence-corrected chi connectivity index (χ3v) is 5.26. The van der Waals surface area contributed by atoms with Gasteiger partial charge < -0.3 is 4.84 Å². The summed E-state index contributed by atoms with van der Waals surface area (Å²) in [5, 5.41) is 5.24. The molecule has 0 aliphatic carbocycles. The third kappa shape index (κ3) is 2.67. The van der Waals surface area contributed by atoms with Gasteiger partial charge in [0.25, 0.3) is 5.91 Å². The van der Waals surface area contributed by atoms with Crippen molar-refractivity contribution in [2.75, 3.05) is 4.90 Å². The van der Waals surface area contributed by atoms with Gasteiger partial charge >= 0.3 is 0 Å². The lowest BCUT2D eigenvalue weighted by Crippen LogP contribution is -2.33. The first kappa shape index (κ1) is 17.6. The van der Waals surface area contributed by atoms with Crippen LogP contribution in [-0.2, 0) is 14.4 Å². The summed E-state index contributed by atoms with van der Waals surface area (Å²) in [4.78, 5) is 31.9. The standard InChI is InChI=1S/C17H8Cl4N2O3/c18-7-1-3-9(10(20)5-7)14-13-15(26-22-14)17(25)23(16(13)24)12-4-2-8(19)6-11(12)21/h1-6,13,15H/t13-,15-/m0/s1. The molecular weight excluding hydrogens is 422 g/mol. The summed E-state index contributed by atoms with van der Waals surface area (Å²) in [7, 11) is 0. The molecule has 2 aromatic carbocycles. The van der Waals surface area contributed by atoms with Gasteiger partial charge in [0.1, 0.15) is 11.6 Å². The number of carbonyl (C=O) groups is 2.